The highest BCUT2D eigenvalue weighted by Crippen LogP contribution is 2.36. The molecule has 1 amide bonds. The quantitative estimate of drug-likeness (QED) is 0.445. The Morgan fingerprint density at radius 1 is 1.20 bits per heavy atom. The Labute approximate surface area is 186 Å². The minimum Gasteiger partial charge on any atom is -0.494 e. The molecule has 3 aromatic rings. The molecule has 0 aliphatic heterocycles. The fourth-order valence-corrected chi connectivity index (χ4v) is 4.37. The number of thiazole rings is 1. The van der Waals surface area contributed by atoms with E-state index in [0.29, 0.717) is 22.4 Å². The maximum atomic E-state index is 13.1. The molecule has 5 nitrogen and oxygen atoms in total. The Morgan fingerprint density at radius 3 is 2.67 bits per heavy atom. The van der Waals surface area contributed by atoms with Crippen LogP contribution >= 0.6 is 22.9 Å². The molecule has 2 aromatic carbocycles. The number of hydrogen-bond donors (Lipinski definition) is 0. The molecular formula is C23H26ClN3O2S. The molecule has 0 aliphatic carbocycles. The first-order chi connectivity index (χ1) is 14.4. The van der Waals surface area contributed by atoms with Crippen LogP contribution in [-0.2, 0) is 4.79 Å². The highest BCUT2D eigenvalue weighted by atomic mass is 35.5. The molecule has 0 spiro atoms. The van der Waals surface area contributed by atoms with Crippen LogP contribution < -0.4 is 9.64 Å². The number of aryl methyl sites for hydroxylation is 1. The van der Waals surface area contributed by atoms with Crippen LogP contribution in [0.2, 0.25) is 5.02 Å². The lowest BCUT2D eigenvalue weighted by molar-refractivity contribution is -0.114. The number of amides is 1. The van der Waals surface area contributed by atoms with Crippen LogP contribution in [0.15, 0.2) is 42.5 Å². The highest BCUT2D eigenvalue weighted by Gasteiger charge is 2.20. The number of aromatic nitrogens is 1. The largest absolute Gasteiger partial charge is 0.494 e. The molecule has 1 heterocycles. The van der Waals surface area contributed by atoms with Gasteiger partial charge in [0.15, 0.2) is 5.13 Å². The summed E-state index contributed by atoms with van der Waals surface area (Å²) in [4.78, 5) is 21.7. The van der Waals surface area contributed by atoms with Crippen molar-refractivity contribution in [2.75, 3.05) is 39.2 Å². The van der Waals surface area contributed by atoms with E-state index in [-0.39, 0.29) is 5.91 Å². The van der Waals surface area contributed by atoms with Gasteiger partial charge in [0, 0.05) is 17.6 Å². The van der Waals surface area contributed by atoms with Crippen LogP contribution in [0.25, 0.3) is 16.3 Å². The number of fused-ring (bicyclic) bond motifs is 1. The van der Waals surface area contributed by atoms with Gasteiger partial charge in [-0.25, -0.2) is 4.98 Å². The summed E-state index contributed by atoms with van der Waals surface area (Å²) in [7, 11) is 5.68. The first-order valence-corrected chi connectivity index (χ1v) is 10.9. The number of nitrogens with zero attached hydrogens (tertiary/aromatic N) is 3. The first-order valence-electron chi connectivity index (χ1n) is 9.73. The number of hydrogen-bond acceptors (Lipinski definition) is 5. The van der Waals surface area contributed by atoms with Crippen molar-refractivity contribution < 1.29 is 9.53 Å². The highest BCUT2D eigenvalue weighted by molar-refractivity contribution is 7.22. The summed E-state index contributed by atoms with van der Waals surface area (Å²) in [5, 5.41) is 1.28. The van der Waals surface area contributed by atoms with Crippen LogP contribution in [0.3, 0.4) is 0 Å². The first kappa shape index (κ1) is 22.3. The molecule has 3 rings (SSSR count). The molecule has 30 heavy (non-hydrogen) atoms. The average molecular weight is 444 g/mol. The summed E-state index contributed by atoms with van der Waals surface area (Å²) in [6.07, 6.45) is 4.15. The smallest absolute Gasteiger partial charge is 0.252 e. The monoisotopic (exact) mass is 443 g/mol. The summed E-state index contributed by atoms with van der Waals surface area (Å²) in [6, 6.07) is 11.4. The average Bonchev–Trinajstić information content (AvgIpc) is 3.16. The van der Waals surface area contributed by atoms with Crippen molar-refractivity contribution in [2.45, 2.75) is 13.3 Å². The van der Waals surface area contributed by atoms with E-state index in [9.17, 15) is 4.79 Å². The number of carbonyl (C=O) groups is 1. The van der Waals surface area contributed by atoms with Gasteiger partial charge in [0.25, 0.3) is 5.91 Å². The van der Waals surface area contributed by atoms with Gasteiger partial charge in [-0.2, -0.15) is 0 Å². The zero-order valence-electron chi connectivity index (χ0n) is 17.7. The van der Waals surface area contributed by atoms with Crippen LogP contribution in [-0.4, -0.2) is 50.1 Å². The maximum Gasteiger partial charge on any atom is 0.252 e. The molecule has 0 saturated heterocycles. The number of ether oxygens (including phenoxy) is 1. The summed E-state index contributed by atoms with van der Waals surface area (Å²) < 4.78 is 6.50. The van der Waals surface area contributed by atoms with Crippen LogP contribution in [0.4, 0.5) is 5.13 Å². The topological polar surface area (TPSA) is 45.7 Å². The van der Waals surface area contributed by atoms with Crippen molar-refractivity contribution in [1.29, 1.82) is 0 Å². The second-order valence-corrected chi connectivity index (χ2v) is 8.65. The third kappa shape index (κ3) is 5.19. The predicted octanol–water partition coefficient (Wildman–Crippen LogP) is 5.26. The van der Waals surface area contributed by atoms with Gasteiger partial charge >= 0.3 is 0 Å². The van der Waals surface area contributed by atoms with Gasteiger partial charge in [-0.05, 0) is 63.3 Å². The minimum absolute atomic E-state index is 0.121. The molecule has 0 fully saturated rings. The standard InChI is InChI=1S/C23H26ClN3O2S/c1-16-10-12-19(29-4)21-22(16)30-23(25-21)27(15-7-14-26(2)3)20(28)13-11-17-8-5-6-9-18(17)24/h5-6,8-13H,7,14-15H2,1-4H3. The van der Waals surface area contributed by atoms with Gasteiger partial charge in [-0.1, -0.05) is 47.2 Å². The minimum atomic E-state index is -0.121. The summed E-state index contributed by atoms with van der Waals surface area (Å²) in [5.41, 5.74) is 2.71. The van der Waals surface area contributed by atoms with Crippen molar-refractivity contribution in [3.05, 3.63) is 58.6 Å². The number of halogens is 1. The van der Waals surface area contributed by atoms with E-state index in [1.807, 2.05) is 57.4 Å². The van der Waals surface area contributed by atoms with Crippen molar-refractivity contribution in [2.24, 2.45) is 0 Å². The molecule has 0 N–H and O–H groups in total. The lowest BCUT2D eigenvalue weighted by atomic mass is 10.2. The molecule has 0 saturated carbocycles. The molecule has 0 bridgehead atoms. The predicted molar refractivity (Wildman–Crippen MR) is 127 cm³/mol. The molecule has 158 valence electrons. The molecule has 0 aliphatic rings. The number of rotatable bonds is 8. The normalized spacial score (nSPS) is 11.5. The van der Waals surface area contributed by atoms with Gasteiger partial charge in [-0.15, -0.1) is 0 Å². The van der Waals surface area contributed by atoms with Gasteiger partial charge in [-0.3, -0.25) is 9.69 Å². The van der Waals surface area contributed by atoms with Crippen LogP contribution in [0, 0.1) is 6.92 Å². The number of methoxy groups -OCH3 is 1. The van der Waals surface area contributed by atoms with Crippen molar-refractivity contribution in [3.8, 4) is 5.75 Å². The molecule has 0 radical (unpaired) electrons. The molecule has 0 atom stereocenters. The second kappa shape index (κ2) is 10.1. The Hall–Kier alpha value is -2.41. The molecule has 7 heteroatoms. The van der Waals surface area contributed by atoms with E-state index in [1.54, 1.807) is 24.2 Å². The third-order valence-electron chi connectivity index (χ3n) is 4.71. The summed E-state index contributed by atoms with van der Waals surface area (Å²) in [6.45, 7) is 3.50. The zero-order chi connectivity index (χ0) is 21.7. The lowest BCUT2D eigenvalue weighted by Gasteiger charge is -2.19. The number of benzene rings is 2. The van der Waals surface area contributed by atoms with E-state index in [2.05, 4.69) is 4.90 Å². The summed E-state index contributed by atoms with van der Waals surface area (Å²) in [5.74, 6) is 0.592. The van der Waals surface area contributed by atoms with Crippen LogP contribution in [0.5, 0.6) is 5.75 Å². The molecule has 1 aromatic heterocycles. The lowest BCUT2D eigenvalue weighted by Crippen LogP contribution is -2.32. The van der Waals surface area contributed by atoms with Gasteiger partial charge in [0.05, 0.1) is 11.8 Å². The molecule has 0 unspecified atom stereocenters. The fourth-order valence-electron chi connectivity index (χ4n) is 3.09. The van der Waals surface area contributed by atoms with Crippen molar-refractivity contribution in [3.63, 3.8) is 0 Å². The SMILES string of the molecule is COc1ccc(C)c2sc(N(CCCN(C)C)C(=O)C=Cc3ccccc3Cl)nc12. The van der Waals surface area contributed by atoms with E-state index in [4.69, 9.17) is 21.3 Å². The summed E-state index contributed by atoms with van der Waals surface area (Å²) >= 11 is 7.74. The Morgan fingerprint density at radius 2 is 1.97 bits per heavy atom. The third-order valence-corrected chi connectivity index (χ3v) is 6.26. The van der Waals surface area contributed by atoms with Gasteiger partial charge in [0.1, 0.15) is 11.3 Å². The number of carbonyl (C=O) groups excluding carboxylic acids is 1. The Balaban J connectivity index is 1.94. The van der Waals surface area contributed by atoms with E-state index >= 15 is 0 Å². The van der Waals surface area contributed by atoms with E-state index in [1.165, 1.54) is 11.3 Å². The Bertz CT molecular complexity index is 1060. The number of anilines is 1. The second-order valence-electron chi connectivity index (χ2n) is 7.26. The zero-order valence-corrected chi connectivity index (χ0v) is 19.3. The van der Waals surface area contributed by atoms with Crippen molar-refractivity contribution in [1.82, 2.24) is 9.88 Å². The van der Waals surface area contributed by atoms with E-state index < -0.39 is 0 Å². The molecular weight excluding hydrogens is 418 g/mol. The Kier molecular flexibility index (Phi) is 7.48. The van der Waals surface area contributed by atoms with Gasteiger partial charge < -0.3 is 9.64 Å². The van der Waals surface area contributed by atoms with Gasteiger partial charge in [0.2, 0.25) is 0 Å². The maximum absolute atomic E-state index is 13.1. The van der Waals surface area contributed by atoms with E-state index in [0.717, 1.165) is 34.3 Å². The fraction of sp³-hybridized carbons (Fsp3) is 0.304. The van der Waals surface area contributed by atoms with Crippen molar-refractivity contribution >= 4 is 50.3 Å². The van der Waals surface area contributed by atoms with Crippen LogP contribution in [0.1, 0.15) is 17.5 Å².